The Balaban J connectivity index is 1.86. The summed E-state index contributed by atoms with van der Waals surface area (Å²) < 4.78 is 23.2. The van der Waals surface area contributed by atoms with Crippen molar-refractivity contribution in [2.75, 3.05) is 14.2 Å². The Morgan fingerprint density at radius 1 is 1.05 bits per heavy atom. The van der Waals surface area contributed by atoms with Crippen LogP contribution in [0, 0.1) is 0 Å². The van der Waals surface area contributed by atoms with Gasteiger partial charge in [-0.25, -0.2) is 4.98 Å². The highest BCUT2D eigenvalue weighted by Crippen LogP contribution is 2.49. The van der Waals surface area contributed by atoms with Crippen molar-refractivity contribution in [1.82, 2.24) is 4.98 Å². The number of thiazole rings is 1. The van der Waals surface area contributed by atoms with E-state index >= 15 is 0 Å². The highest BCUT2D eigenvalue weighted by Gasteiger charge is 2.21. The van der Waals surface area contributed by atoms with E-state index < -0.39 is 7.60 Å². The average molecular weight is 333 g/mol. The van der Waals surface area contributed by atoms with Crippen molar-refractivity contribution >= 4 is 29.1 Å². The summed E-state index contributed by atoms with van der Waals surface area (Å²) in [7, 11) is -0.221. The van der Waals surface area contributed by atoms with E-state index in [0.29, 0.717) is 0 Å². The number of aromatic nitrogens is 1. The average Bonchev–Trinajstić information content (AvgIpc) is 2.99. The first-order valence-corrected chi connectivity index (χ1v) is 9.33. The first kappa shape index (κ1) is 15.4. The maximum atomic E-state index is 12.1. The minimum absolute atomic E-state index is 0.264. The van der Waals surface area contributed by atoms with E-state index in [2.05, 4.69) is 11.1 Å². The molecule has 1 heterocycles. The summed E-state index contributed by atoms with van der Waals surface area (Å²) in [6, 6.07) is 15.9. The molecular weight excluding hydrogens is 317 g/mol. The van der Waals surface area contributed by atoms with Gasteiger partial charge >= 0.3 is 7.60 Å². The molecule has 0 atom stereocenters. The van der Waals surface area contributed by atoms with Gasteiger partial charge in [-0.15, -0.1) is 11.3 Å². The minimum Gasteiger partial charge on any atom is -0.312 e. The van der Waals surface area contributed by atoms with Gasteiger partial charge in [0.2, 0.25) is 0 Å². The SMILES string of the molecule is COP(=O)(Cc1ccc(-c2nc3ccccc3s2)cc1)OC. The first-order valence-electron chi connectivity index (χ1n) is 6.79. The van der Waals surface area contributed by atoms with Crippen molar-refractivity contribution in [3.8, 4) is 10.6 Å². The molecular formula is C16H16NO3PS. The van der Waals surface area contributed by atoms with Crippen molar-refractivity contribution in [2.45, 2.75) is 6.16 Å². The van der Waals surface area contributed by atoms with Crippen LogP contribution in [-0.4, -0.2) is 19.2 Å². The normalized spacial score (nSPS) is 11.9. The lowest BCUT2D eigenvalue weighted by atomic mass is 10.2. The molecule has 22 heavy (non-hydrogen) atoms. The number of hydrogen-bond acceptors (Lipinski definition) is 5. The second kappa shape index (κ2) is 6.31. The minimum atomic E-state index is -3.03. The summed E-state index contributed by atoms with van der Waals surface area (Å²) in [6.07, 6.45) is 0.264. The summed E-state index contributed by atoms with van der Waals surface area (Å²) >= 11 is 1.66. The summed E-state index contributed by atoms with van der Waals surface area (Å²) in [5, 5.41) is 0.981. The van der Waals surface area contributed by atoms with E-state index in [9.17, 15) is 4.57 Å². The van der Waals surface area contributed by atoms with Gasteiger partial charge in [-0.3, -0.25) is 4.57 Å². The Labute approximate surface area is 133 Å². The Kier molecular flexibility index (Phi) is 4.41. The van der Waals surface area contributed by atoms with E-state index in [1.165, 1.54) is 18.9 Å². The summed E-state index contributed by atoms with van der Waals surface area (Å²) in [6.45, 7) is 0. The number of para-hydroxylation sites is 1. The Morgan fingerprint density at radius 2 is 1.73 bits per heavy atom. The smallest absolute Gasteiger partial charge is 0.312 e. The van der Waals surface area contributed by atoms with Gasteiger partial charge in [0, 0.05) is 19.8 Å². The van der Waals surface area contributed by atoms with Crippen LogP contribution in [0.3, 0.4) is 0 Å². The molecule has 4 nitrogen and oxygen atoms in total. The molecule has 0 aliphatic rings. The van der Waals surface area contributed by atoms with E-state index in [1.807, 2.05) is 42.5 Å². The molecule has 0 saturated carbocycles. The maximum absolute atomic E-state index is 12.1. The number of hydrogen-bond donors (Lipinski definition) is 0. The molecule has 0 aliphatic carbocycles. The Morgan fingerprint density at radius 3 is 2.36 bits per heavy atom. The summed E-state index contributed by atoms with van der Waals surface area (Å²) in [4.78, 5) is 4.63. The second-order valence-electron chi connectivity index (χ2n) is 4.82. The van der Waals surface area contributed by atoms with Gasteiger partial charge in [0.25, 0.3) is 0 Å². The van der Waals surface area contributed by atoms with Gasteiger partial charge in [-0.05, 0) is 17.7 Å². The molecule has 0 amide bonds. The van der Waals surface area contributed by atoms with Crippen molar-refractivity contribution in [3.05, 3.63) is 54.1 Å². The highest BCUT2D eigenvalue weighted by molar-refractivity contribution is 7.52. The Hall–Kier alpha value is -1.52. The van der Waals surface area contributed by atoms with Gasteiger partial charge in [-0.2, -0.15) is 0 Å². The largest absolute Gasteiger partial charge is 0.334 e. The molecule has 114 valence electrons. The lowest BCUT2D eigenvalue weighted by Gasteiger charge is -2.13. The molecule has 0 N–H and O–H groups in total. The third-order valence-corrected chi connectivity index (χ3v) is 6.38. The quantitative estimate of drug-likeness (QED) is 0.620. The monoisotopic (exact) mass is 333 g/mol. The number of rotatable bonds is 5. The fraction of sp³-hybridized carbons (Fsp3) is 0.188. The van der Waals surface area contributed by atoms with Crippen LogP contribution in [0.25, 0.3) is 20.8 Å². The predicted octanol–water partition coefficient (Wildman–Crippen LogP) is 4.95. The fourth-order valence-electron chi connectivity index (χ4n) is 2.18. The van der Waals surface area contributed by atoms with Crippen LogP contribution in [0.1, 0.15) is 5.56 Å². The first-order chi connectivity index (χ1) is 10.6. The molecule has 1 aromatic heterocycles. The van der Waals surface area contributed by atoms with Crippen LogP contribution in [0.4, 0.5) is 0 Å². The summed E-state index contributed by atoms with van der Waals surface area (Å²) in [5.41, 5.74) is 2.97. The number of nitrogens with zero attached hydrogens (tertiary/aromatic N) is 1. The van der Waals surface area contributed by atoms with Crippen LogP contribution in [0.5, 0.6) is 0 Å². The third-order valence-electron chi connectivity index (χ3n) is 3.43. The lowest BCUT2D eigenvalue weighted by Crippen LogP contribution is -1.93. The van der Waals surface area contributed by atoms with Crippen LogP contribution in [-0.2, 0) is 19.8 Å². The van der Waals surface area contributed by atoms with Crippen LogP contribution < -0.4 is 0 Å². The topological polar surface area (TPSA) is 48.4 Å². The molecule has 0 radical (unpaired) electrons. The second-order valence-corrected chi connectivity index (χ2v) is 8.12. The molecule has 0 spiro atoms. The van der Waals surface area contributed by atoms with Gasteiger partial charge < -0.3 is 9.05 Å². The molecule has 6 heteroatoms. The number of benzene rings is 2. The summed E-state index contributed by atoms with van der Waals surface area (Å²) in [5.74, 6) is 0. The van der Waals surface area contributed by atoms with Gasteiger partial charge in [0.15, 0.2) is 0 Å². The fourth-order valence-corrected chi connectivity index (χ4v) is 4.21. The third kappa shape index (κ3) is 3.13. The standard InChI is InChI=1S/C16H16NO3PS/c1-19-21(18,20-2)11-12-7-9-13(10-8-12)16-17-14-5-3-4-6-15(14)22-16/h3-10H,11H2,1-2H3. The van der Waals surface area contributed by atoms with E-state index in [4.69, 9.17) is 9.05 Å². The van der Waals surface area contributed by atoms with Gasteiger partial charge in [-0.1, -0.05) is 36.4 Å². The molecule has 0 saturated heterocycles. The van der Waals surface area contributed by atoms with E-state index in [1.54, 1.807) is 11.3 Å². The zero-order valence-corrected chi connectivity index (χ0v) is 14.1. The molecule has 0 bridgehead atoms. The zero-order valence-electron chi connectivity index (χ0n) is 12.4. The van der Waals surface area contributed by atoms with Crippen LogP contribution in [0.2, 0.25) is 0 Å². The van der Waals surface area contributed by atoms with Crippen LogP contribution >= 0.6 is 18.9 Å². The van der Waals surface area contributed by atoms with Crippen LogP contribution in [0.15, 0.2) is 48.5 Å². The van der Waals surface area contributed by atoms with Gasteiger partial charge in [0.1, 0.15) is 5.01 Å². The predicted molar refractivity (Wildman–Crippen MR) is 90.4 cm³/mol. The zero-order chi connectivity index (χ0) is 15.6. The molecule has 3 aromatic rings. The van der Waals surface area contributed by atoms with Gasteiger partial charge in [0.05, 0.1) is 16.4 Å². The van der Waals surface area contributed by atoms with Crippen molar-refractivity contribution < 1.29 is 13.6 Å². The van der Waals surface area contributed by atoms with Crippen molar-refractivity contribution in [3.63, 3.8) is 0 Å². The molecule has 0 aliphatic heterocycles. The van der Waals surface area contributed by atoms with Crippen molar-refractivity contribution in [2.24, 2.45) is 0 Å². The van der Waals surface area contributed by atoms with Crippen molar-refractivity contribution in [1.29, 1.82) is 0 Å². The maximum Gasteiger partial charge on any atom is 0.334 e. The Bertz CT molecular complexity index is 788. The molecule has 3 rings (SSSR count). The highest BCUT2D eigenvalue weighted by atomic mass is 32.1. The molecule has 2 aromatic carbocycles. The van der Waals surface area contributed by atoms with E-state index in [-0.39, 0.29) is 6.16 Å². The number of fused-ring (bicyclic) bond motifs is 1. The molecule has 0 unspecified atom stereocenters. The molecule has 0 fully saturated rings. The lowest BCUT2D eigenvalue weighted by molar-refractivity contribution is 0.275. The van der Waals surface area contributed by atoms with E-state index in [0.717, 1.165) is 21.7 Å².